The van der Waals surface area contributed by atoms with E-state index in [0.717, 1.165) is 28.0 Å². The van der Waals surface area contributed by atoms with E-state index in [4.69, 9.17) is 4.98 Å². The SMILES string of the molecule is c1ccc(-c2ccc3c(n2)c2ccc4sc5ccccc5c4c2n3-c2ccccc2-c2ccccc2)cc1. The lowest BCUT2D eigenvalue weighted by Gasteiger charge is -2.14. The average molecular weight is 503 g/mol. The number of pyridine rings is 1. The van der Waals surface area contributed by atoms with Crippen molar-refractivity contribution >= 4 is 53.4 Å². The second kappa shape index (κ2) is 8.41. The summed E-state index contributed by atoms with van der Waals surface area (Å²) in [6.45, 7) is 0. The lowest BCUT2D eigenvalue weighted by atomic mass is 10.0. The lowest BCUT2D eigenvalue weighted by Crippen LogP contribution is -1.97. The summed E-state index contributed by atoms with van der Waals surface area (Å²) in [4.78, 5) is 5.28. The number of benzene rings is 5. The van der Waals surface area contributed by atoms with Crippen molar-refractivity contribution in [3.05, 3.63) is 133 Å². The van der Waals surface area contributed by atoms with Gasteiger partial charge in [-0.1, -0.05) is 97.1 Å². The molecular weight excluding hydrogens is 480 g/mol. The number of para-hydroxylation sites is 1. The Morgan fingerprint density at radius 3 is 2.08 bits per heavy atom. The van der Waals surface area contributed by atoms with Crippen LogP contribution in [0.4, 0.5) is 0 Å². The lowest BCUT2D eigenvalue weighted by molar-refractivity contribution is 1.18. The summed E-state index contributed by atoms with van der Waals surface area (Å²) in [5, 5.41) is 3.77. The number of thiophene rings is 1. The zero-order valence-electron chi connectivity index (χ0n) is 20.5. The van der Waals surface area contributed by atoms with Gasteiger partial charge < -0.3 is 4.57 Å². The summed E-state index contributed by atoms with van der Waals surface area (Å²) in [5.41, 5.74) is 9.05. The number of rotatable bonds is 3. The maximum absolute atomic E-state index is 5.28. The van der Waals surface area contributed by atoms with Crippen LogP contribution >= 0.6 is 11.3 Å². The molecule has 0 aliphatic carbocycles. The van der Waals surface area contributed by atoms with Crippen molar-refractivity contribution in [2.45, 2.75) is 0 Å². The third-order valence-electron chi connectivity index (χ3n) is 7.41. The van der Waals surface area contributed by atoms with Gasteiger partial charge in [-0.25, -0.2) is 4.98 Å². The van der Waals surface area contributed by atoms with Gasteiger partial charge in [0.2, 0.25) is 0 Å². The van der Waals surface area contributed by atoms with Gasteiger partial charge in [-0.15, -0.1) is 11.3 Å². The average Bonchev–Trinajstić information content (AvgIpc) is 3.53. The van der Waals surface area contributed by atoms with Crippen molar-refractivity contribution in [3.8, 4) is 28.1 Å². The summed E-state index contributed by atoms with van der Waals surface area (Å²) < 4.78 is 5.04. The topological polar surface area (TPSA) is 17.8 Å². The van der Waals surface area contributed by atoms with Crippen LogP contribution in [0, 0.1) is 0 Å². The summed E-state index contributed by atoms with van der Waals surface area (Å²) in [7, 11) is 0. The smallest absolute Gasteiger partial charge is 0.0971 e. The van der Waals surface area contributed by atoms with Crippen molar-refractivity contribution in [1.82, 2.24) is 9.55 Å². The Bertz CT molecular complexity index is 2120. The second-order valence-electron chi connectivity index (χ2n) is 9.58. The van der Waals surface area contributed by atoms with E-state index < -0.39 is 0 Å². The highest BCUT2D eigenvalue weighted by atomic mass is 32.1. The van der Waals surface area contributed by atoms with Crippen LogP contribution < -0.4 is 0 Å². The molecule has 0 amide bonds. The largest absolute Gasteiger partial charge is 0.306 e. The third-order valence-corrected chi connectivity index (χ3v) is 8.54. The molecule has 0 aliphatic rings. The van der Waals surface area contributed by atoms with Crippen molar-refractivity contribution in [2.24, 2.45) is 0 Å². The Kier molecular flexibility index (Phi) is 4.73. The molecular formula is C35H22N2S. The zero-order valence-corrected chi connectivity index (χ0v) is 21.3. The molecule has 178 valence electrons. The predicted molar refractivity (Wildman–Crippen MR) is 162 cm³/mol. The van der Waals surface area contributed by atoms with Gasteiger partial charge >= 0.3 is 0 Å². The normalized spacial score (nSPS) is 11.7. The molecule has 8 rings (SSSR count). The monoisotopic (exact) mass is 502 g/mol. The van der Waals surface area contributed by atoms with Gasteiger partial charge in [0.05, 0.1) is 27.9 Å². The molecule has 3 heterocycles. The van der Waals surface area contributed by atoms with Gasteiger partial charge in [0.15, 0.2) is 0 Å². The summed E-state index contributed by atoms with van der Waals surface area (Å²) in [5.74, 6) is 0. The molecule has 0 atom stereocenters. The maximum atomic E-state index is 5.28. The number of aromatic nitrogens is 2. The molecule has 2 nitrogen and oxygen atoms in total. The van der Waals surface area contributed by atoms with E-state index in [2.05, 4.69) is 132 Å². The summed E-state index contributed by atoms with van der Waals surface area (Å²) in [6.07, 6.45) is 0. The Balaban J connectivity index is 1.56. The first-order valence-corrected chi connectivity index (χ1v) is 13.6. The molecule has 0 unspecified atom stereocenters. The van der Waals surface area contributed by atoms with Crippen molar-refractivity contribution in [3.63, 3.8) is 0 Å². The quantitative estimate of drug-likeness (QED) is 0.235. The molecule has 0 N–H and O–H groups in total. The molecule has 3 aromatic heterocycles. The van der Waals surface area contributed by atoms with Gasteiger partial charge in [-0.05, 0) is 42.0 Å². The maximum Gasteiger partial charge on any atom is 0.0971 e. The molecule has 0 aliphatic heterocycles. The molecule has 0 radical (unpaired) electrons. The Hall–Kier alpha value is -4.73. The fourth-order valence-electron chi connectivity index (χ4n) is 5.72. The number of hydrogen-bond acceptors (Lipinski definition) is 2. The van der Waals surface area contributed by atoms with Crippen molar-refractivity contribution < 1.29 is 0 Å². The van der Waals surface area contributed by atoms with Crippen LogP contribution in [0.3, 0.4) is 0 Å². The van der Waals surface area contributed by atoms with E-state index >= 15 is 0 Å². The van der Waals surface area contributed by atoms with Crippen LogP contribution in [0.25, 0.3) is 70.2 Å². The van der Waals surface area contributed by atoms with Gasteiger partial charge in [0.25, 0.3) is 0 Å². The van der Waals surface area contributed by atoms with E-state index in [1.54, 1.807) is 0 Å². The minimum atomic E-state index is 0.990. The highest BCUT2D eigenvalue weighted by Crippen LogP contribution is 2.44. The highest BCUT2D eigenvalue weighted by Gasteiger charge is 2.21. The van der Waals surface area contributed by atoms with E-state index in [1.165, 1.54) is 42.2 Å². The molecule has 38 heavy (non-hydrogen) atoms. The highest BCUT2D eigenvalue weighted by molar-refractivity contribution is 7.26. The molecule has 8 aromatic rings. The van der Waals surface area contributed by atoms with Crippen LogP contribution in [0.1, 0.15) is 0 Å². The fraction of sp³-hybridized carbons (Fsp3) is 0. The molecule has 3 heteroatoms. The predicted octanol–water partition coefficient (Wildman–Crippen LogP) is 9.88. The minimum Gasteiger partial charge on any atom is -0.306 e. The minimum absolute atomic E-state index is 0.990. The number of nitrogens with zero attached hydrogens (tertiary/aromatic N) is 2. The number of fused-ring (bicyclic) bond motifs is 7. The summed E-state index contributed by atoms with van der Waals surface area (Å²) >= 11 is 1.86. The fourth-order valence-corrected chi connectivity index (χ4v) is 6.83. The van der Waals surface area contributed by atoms with Crippen LogP contribution in [0.2, 0.25) is 0 Å². The Morgan fingerprint density at radius 1 is 0.526 bits per heavy atom. The Morgan fingerprint density at radius 2 is 1.24 bits per heavy atom. The van der Waals surface area contributed by atoms with Crippen LogP contribution in [0.5, 0.6) is 0 Å². The molecule has 0 fully saturated rings. The third kappa shape index (κ3) is 3.16. The first-order valence-electron chi connectivity index (χ1n) is 12.8. The zero-order chi connectivity index (χ0) is 25.1. The van der Waals surface area contributed by atoms with E-state index in [1.807, 2.05) is 17.4 Å². The Labute approximate surface area is 224 Å². The molecule has 0 spiro atoms. The molecule has 0 saturated heterocycles. The molecule has 0 saturated carbocycles. The van der Waals surface area contributed by atoms with E-state index in [0.29, 0.717) is 0 Å². The van der Waals surface area contributed by atoms with Crippen LogP contribution in [0.15, 0.2) is 133 Å². The van der Waals surface area contributed by atoms with E-state index in [-0.39, 0.29) is 0 Å². The van der Waals surface area contributed by atoms with Crippen molar-refractivity contribution in [2.75, 3.05) is 0 Å². The van der Waals surface area contributed by atoms with Crippen molar-refractivity contribution in [1.29, 1.82) is 0 Å². The van der Waals surface area contributed by atoms with Crippen LogP contribution in [-0.2, 0) is 0 Å². The first-order chi connectivity index (χ1) is 18.9. The molecule has 5 aromatic carbocycles. The van der Waals surface area contributed by atoms with Crippen LogP contribution in [-0.4, -0.2) is 9.55 Å². The van der Waals surface area contributed by atoms with Gasteiger partial charge in [-0.2, -0.15) is 0 Å². The number of hydrogen-bond donors (Lipinski definition) is 0. The van der Waals surface area contributed by atoms with Gasteiger partial charge in [-0.3, -0.25) is 0 Å². The van der Waals surface area contributed by atoms with Gasteiger partial charge in [0, 0.05) is 36.7 Å². The first kappa shape index (κ1) is 21.4. The summed E-state index contributed by atoms with van der Waals surface area (Å²) in [6, 6.07) is 47.5. The molecule has 0 bridgehead atoms. The van der Waals surface area contributed by atoms with Gasteiger partial charge in [0.1, 0.15) is 0 Å². The standard InChI is InChI=1S/C35H22N2S/c1-3-11-23(12-4-1)25-15-7-9-17-29(25)37-30-21-20-28(24-13-5-2-6-14-24)36-34(30)27-19-22-32-33(35(27)37)26-16-8-10-18-31(26)38-32/h1-22H. The van der Waals surface area contributed by atoms with E-state index in [9.17, 15) is 0 Å². The second-order valence-corrected chi connectivity index (χ2v) is 10.7.